The molecule has 2 aromatic rings. The molecule has 1 aliphatic carbocycles. The van der Waals surface area contributed by atoms with Gasteiger partial charge in [-0.25, -0.2) is 4.79 Å². The van der Waals surface area contributed by atoms with Gasteiger partial charge in [-0.1, -0.05) is 24.3 Å². The van der Waals surface area contributed by atoms with Crippen LogP contribution in [-0.2, 0) is 9.59 Å². The van der Waals surface area contributed by atoms with E-state index >= 15 is 0 Å². The summed E-state index contributed by atoms with van der Waals surface area (Å²) in [4.78, 5) is 34.2. The number of carboxylic acids is 1. The van der Waals surface area contributed by atoms with Gasteiger partial charge in [0.15, 0.2) is 5.78 Å². The van der Waals surface area contributed by atoms with Crippen LogP contribution in [0.1, 0.15) is 15.9 Å². The van der Waals surface area contributed by atoms with Crippen LogP contribution in [0.2, 0.25) is 0 Å². The Kier molecular flexibility index (Phi) is 3.31. The lowest BCUT2D eigenvalue weighted by Gasteiger charge is -2.05. The van der Waals surface area contributed by atoms with E-state index in [9.17, 15) is 14.4 Å². The first-order valence-electron chi connectivity index (χ1n) is 6.56. The molecule has 0 aromatic heterocycles. The molecular weight excluding hydrogens is 282 g/mol. The maximum Gasteiger partial charge on any atom is 0.328 e. The molecule has 0 fully saturated rings. The summed E-state index contributed by atoms with van der Waals surface area (Å²) in [6.07, 6.45) is 1.70. The van der Waals surface area contributed by atoms with Crippen molar-refractivity contribution in [3.05, 3.63) is 65.7 Å². The molecule has 0 heterocycles. The Bertz CT molecular complexity index is 836. The number of ketones is 1. The van der Waals surface area contributed by atoms with E-state index in [4.69, 9.17) is 5.11 Å². The zero-order chi connectivity index (χ0) is 15.7. The van der Waals surface area contributed by atoms with Crippen molar-refractivity contribution in [1.82, 2.24) is 0 Å². The van der Waals surface area contributed by atoms with Gasteiger partial charge in [-0.05, 0) is 29.3 Å². The SMILES string of the molecule is O=C(O)/C=C\C(=O)Nc1ccc2c(c1)-c1ccccc1C2=O. The lowest BCUT2D eigenvalue weighted by atomic mass is 10.1. The smallest absolute Gasteiger partial charge is 0.328 e. The first-order chi connectivity index (χ1) is 10.6. The van der Waals surface area contributed by atoms with E-state index in [0.29, 0.717) is 16.8 Å². The number of carbonyl (C=O) groups is 3. The highest BCUT2D eigenvalue weighted by Crippen LogP contribution is 2.37. The second-order valence-corrected chi connectivity index (χ2v) is 4.80. The van der Waals surface area contributed by atoms with E-state index in [0.717, 1.165) is 23.3 Å². The standard InChI is InChI=1S/C17H11NO4/c19-15(7-8-16(20)21)18-10-5-6-13-14(9-10)11-3-1-2-4-12(11)17(13)22/h1-9H,(H,18,19)(H,20,21)/b8-7-. The van der Waals surface area contributed by atoms with Crippen LogP contribution in [0.4, 0.5) is 5.69 Å². The van der Waals surface area contributed by atoms with Gasteiger partial charge in [0, 0.05) is 29.0 Å². The zero-order valence-electron chi connectivity index (χ0n) is 11.4. The van der Waals surface area contributed by atoms with Crippen molar-refractivity contribution in [2.45, 2.75) is 0 Å². The predicted molar refractivity (Wildman–Crippen MR) is 80.7 cm³/mol. The minimum absolute atomic E-state index is 0.0331. The van der Waals surface area contributed by atoms with Crippen LogP contribution in [0.25, 0.3) is 11.1 Å². The third-order valence-corrected chi connectivity index (χ3v) is 3.37. The summed E-state index contributed by atoms with van der Waals surface area (Å²) in [6, 6.07) is 12.3. The van der Waals surface area contributed by atoms with Crippen molar-refractivity contribution in [2.75, 3.05) is 5.32 Å². The van der Waals surface area contributed by atoms with E-state index < -0.39 is 11.9 Å². The Balaban J connectivity index is 1.92. The molecule has 1 amide bonds. The van der Waals surface area contributed by atoms with Crippen LogP contribution in [0, 0.1) is 0 Å². The van der Waals surface area contributed by atoms with Gasteiger partial charge in [0.25, 0.3) is 0 Å². The zero-order valence-corrected chi connectivity index (χ0v) is 11.4. The summed E-state index contributed by atoms with van der Waals surface area (Å²) in [5, 5.41) is 11.1. The normalized spacial score (nSPS) is 12.1. The molecule has 22 heavy (non-hydrogen) atoms. The van der Waals surface area contributed by atoms with Crippen molar-refractivity contribution < 1.29 is 19.5 Å². The summed E-state index contributed by atoms with van der Waals surface area (Å²) < 4.78 is 0. The maximum absolute atomic E-state index is 12.2. The monoisotopic (exact) mass is 293 g/mol. The fraction of sp³-hybridized carbons (Fsp3) is 0. The van der Waals surface area contributed by atoms with Crippen molar-refractivity contribution in [2.24, 2.45) is 0 Å². The summed E-state index contributed by atoms with van der Waals surface area (Å²) in [6.45, 7) is 0. The first-order valence-corrected chi connectivity index (χ1v) is 6.56. The lowest BCUT2D eigenvalue weighted by molar-refractivity contribution is -0.131. The molecule has 0 saturated carbocycles. The molecule has 0 radical (unpaired) electrons. The number of hydrogen-bond donors (Lipinski definition) is 2. The highest BCUT2D eigenvalue weighted by Gasteiger charge is 2.26. The van der Waals surface area contributed by atoms with Gasteiger partial charge < -0.3 is 10.4 Å². The Labute approximate surface area is 125 Å². The number of anilines is 1. The van der Waals surface area contributed by atoms with E-state index in [-0.39, 0.29) is 5.78 Å². The Morgan fingerprint density at radius 1 is 0.909 bits per heavy atom. The van der Waals surface area contributed by atoms with Crippen LogP contribution < -0.4 is 5.32 Å². The molecule has 0 aliphatic heterocycles. The molecule has 108 valence electrons. The highest BCUT2D eigenvalue weighted by atomic mass is 16.4. The molecule has 0 unspecified atom stereocenters. The number of amides is 1. The van der Waals surface area contributed by atoms with E-state index in [1.54, 1.807) is 24.3 Å². The number of fused-ring (bicyclic) bond motifs is 3. The minimum Gasteiger partial charge on any atom is -0.478 e. The maximum atomic E-state index is 12.2. The lowest BCUT2D eigenvalue weighted by Crippen LogP contribution is -2.08. The van der Waals surface area contributed by atoms with Crippen LogP contribution in [-0.4, -0.2) is 22.8 Å². The van der Waals surface area contributed by atoms with Gasteiger partial charge in [0.2, 0.25) is 5.91 Å². The van der Waals surface area contributed by atoms with Crippen LogP contribution in [0.15, 0.2) is 54.6 Å². The third-order valence-electron chi connectivity index (χ3n) is 3.37. The number of nitrogens with one attached hydrogen (secondary N) is 1. The molecule has 2 N–H and O–H groups in total. The molecule has 2 aromatic carbocycles. The van der Waals surface area contributed by atoms with Gasteiger partial charge in [0.1, 0.15) is 0 Å². The van der Waals surface area contributed by atoms with Gasteiger partial charge in [-0.3, -0.25) is 9.59 Å². The van der Waals surface area contributed by atoms with E-state index in [1.165, 1.54) is 0 Å². The Morgan fingerprint density at radius 3 is 2.32 bits per heavy atom. The van der Waals surface area contributed by atoms with Crippen molar-refractivity contribution in [3.63, 3.8) is 0 Å². The molecule has 0 bridgehead atoms. The van der Waals surface area contributed by atoms with Gasteiger partial charge in [0.05, 0.1) is 0 Å². The molecule has 0 saturated heterocycles. The summed E-state index contributed by atoms with van der Waals surface area (Å²) >= 11 is 0. The fourth-order valence-corrected chi connectivity index (χ4v) is 2.43. The molecule has 3 rings (SSSR count). The summed E-state index contributed by atoms with van der Waals surface area (Å²) in [5.41, 5.74) is 3.34. The molecular formula is C17H11NO4. The number of rotatable bonds is 3. The van der Waals surface area contributed by atoms with Crippen molar-refractivity contribution >= 4 is 23.3 Å². The van der Waals surface area contributed by atoms with Crippen LogP contribution >= 0.6 is 0 Å². The Hall–Kier alpha value is -3.21. The highest BCUT2D eigenvalue weighted by molar-refractivity contribution is 6.22. The summed E-state index contributed by atoms with van der Waals surface area (Å²) in [5.74, 6) is -1.77. The Morgan fingerprint density at radius 2 is 1.59 bits per heavy atom. The fourth-order valence-electron chi connectivity index (χ4n) is 2.43. The number of carbonyl (C=O) groups excluding carboxylic acids is 2. The average Bonchev–Trinajstić information content (AvgIpc) is 2.79. The first kappa shape index (κ1) is 13.8. The second-order valence-electron chi connectivity index (χ2n) is 4.80. The van der Waals surface area contributed by atoms with Crippen molar-refractivity contribution in [1.29, 1.82) is 0 Å². The quantitative estimate of drug-likeness (QED) is 0.727. The van der Waals surface area contributed by atoms with Crippen LogP contribution in [0.3, 0.4) is 0 Å². The molecule has 0 atom stereocenters. The van der Waals surface area contributed by atoms with Crippen molar-refractivity contribution in [3.8, 4) is 11.1 Å². The topological polar surface area (TPSA) is 83.5 Å². The number of aliphatic carboxylic acids is 1. The number of hydrogen-bond acceptors (Lipinski definition) is 3. The third kappa shape index (κ3) is 2.40. The van der Waals surface area contributed by atoms with Crippen LogP contribution in [0.5, 0.6) is 0 Å². The molecule has 1 aliphatic rings. The van der Waals surface area contributed by atoms with Gasteiger partial charge in [-0.15, -0.1) is 0 Å². The minimum atomic E-state index is -1.19. The number of benzene rings is 2. The predicted octanol–water partition coefficient (Wildman–Crippen LogP) is 2.48. The van der Waals surface area contributed by atoms with Gasteiger partial charge in [-0.2, -0.15) is 0 Å². The van der Waals surface area contributed by atoms with E-state index in [2.05, 4.69) is 5.32 Å². The second kappa shape index (κ2) is 5.29. The number of carboxylic acid groups (broad SMARTS) is 1. The largest absolute Gasteiger partial charge is 0.478 e. The molecule has 5 heteroatoms. The van der Waals surface area contributed by atoms with Gasteiger partial charge >= 0.3 is 5.97 Å². The molecule has 0 spiro atoms. The average molecular weight is 293 g/mol. The summed E-state index contributed by atoms with van der Waals surface area (Å²) in [7, 11) is 0. The molecule has 5 nitrogen and oxygen atoms in total. The van der Waals surface area contributed by atoms with E-state index in [1.807, 2.05) is 18.2 Å².